The van der Waals surface area contributed by atoms with Crippen LogP contribution in [-0.2, 0) is 10.2 Å². The molecule has 6 nitrogen and oxygen atoms in total. The summed E-state index contributed by atoms with van der Waals surface area (Å²) in [5.74, 6) is -0.174. The number of carbonyl (C=O) groups is 1. The van der Waals surface area contributed by atoms with Crippen LogP contribution in [0.4, 0.5) is 11.4 Å². The van der Waals surface area contributed by atoms with Gasteiger partial charge in [-0.25, -0.2) is 0 Å². The number of ketones is 1. The normalized spacial score (nSPS) is 10.2. The molecule has 0 aliphatic carbocycles. The number of Topliss-reactive ketones (excluding diaryl/α,β-unsaturated/α-hetero) is 1. The molecule has 0 fully saturated rings. The molecule has 94 valence electrons. The summed E-state index contributed by atoms with van der Waals surface area (Å²) < 4.78 is 0. The maximum absolute atomic E-state index is 11.6. The van der Waals surface area contributed by atoms with Crippen LogP contribution in [0.3, 0.4) is 0 Å². The Kier molecular flexibility index (Phi) is 6.49. The zero-order valence-corrected chi connectivity index (χ0v) is 16.2. The molecule has 1 rings (SSSR count). The second-order valence-electron chi connectivity index (χ2n) is 4.43. The Labute approximate surface area is 159 Å². The zero-order chi connectivity index (χ0) is 14.1. The first kappa shape index (κ1) is 18.4. The van der Waals surface area contributed by atoms with Crippen LogP contribution in [0.2, 0.25) is 0 Å². The predicted octanol–water partition coefficient (Wildman–Crippen LogP) is 0.0208. The fraction of sp³-hybridized carbons (Fsp3) is 0.333. The largest absolute Gasteiger partial charge is 1.00 e. The van der Waals surface area contributed by atoms with Gasteiger partial charge < -0.3 is 5.73 Å². The van der Waals surface area contributed by atoms with Crippen LogP contribution in [0.5, 0.6) is 0 Å². The molecule has 0 saturated heterocycles. The van der Waals surface area contributed by atoms with E-state index in [9.17, 15) is 14.9 Å². The molecule has 1 aromatic rings. The van der Waals surface area contributed by atoms with Crippen LogP contribution in [0.25, 0.3) is 5.73 Å². The van der Waals surface area contributed by atoms with Crippen LogP contribution < -0.4 is 58.2 Å². The van der Waals surface area contributed by atoms with Gasteiger partial charge in [0.25, 0.3) is 5.69 Å². The Morgan fingerprint density at radius 3 is 2.37 bits per heavy atom. The van der Waals surface area contributed by atoms with Crippen molar-refractivity contribution in [3.8, 4) is 6.07 Å². The predicted molar refractivity (Wildman–Crippen MR) is 65.5 cm³/mol. The van der Waals surface area contributed by atoms with E-state index in [2.05, 4.69) is 0 Å². The van der Waals surface area contributed by atoms with Crippen molar-refractivity contribution in [3.05, 3.63) is 39.1 Å². The van der Waals surface area contributed by atoms with Crippen LogP contribution in [0, 0.1) is 21.4 Å². The summed E-state index contributed by atoms with van der Waals surface area (Å²) in [4.78, 5) is 21.5. The summed E-state index contributed by atoms with van der Waals surface area (Å²) in [6.07, 6.45) is 0. The molecule has 0 atom stereocenters. The third kappa shape index (κ3) is 3.48. The van der Waals surface area contributed by atoms with Crippen molar-refractivity contribution in [2.24, 2.45) is 0 Å². The van der Waals surface area contributed by atoms with Gasteiger partial charge in [-0.3, -0.25) is 14.9 Å². The van der Waals surface area contributed by atoms with E-state index in [-0.39, 0.29) is 69.5 Å². The van der Waals surface area contributed by atoms with Crippen molar-refractivity contribution in [1.82, 2.24) is 0 Å². The molecule has 1 aromatic carbocycles. The Balaban J connectivity index is 0.00000324. The number of nitrogens with one attached hydrogen (secondary N) is 1. The van der Waals surface area contributed by atoms with E-state index in [0.717, 1.165) is 6.07 Å². The molecular formula is C12H12N3O3Rb. The number of hydrogen-bond acceptors (Lipinski definition) is 4. The quantitative estimate of drug-likeness (QED) is 0.574. The third-order valence-electron chi connectivity index (χ3n) is 3.05. The minimum Gasteiger partial charge on any atom is -0.692 e. The zero-order valence-electron chi connectivity index (χ0n) is 11.3. The summed E-state index contributed by atoms with van der Waals surface area (Å²) in [7, 11) is 0. The van der Waals surface area contributed by atoms with Gasteiger partial charge in [-0.2, -0.15) is 5.26 Å². The van der Waals surface area contributed by atoms with E-state index in [1.54, 1.807) is 19.9 Å². The number of hydrogen-bond donors (Lipinski definition) is 0. The molecule has 0 amide bonds. The number of nitriles is 1. The molecule has 0 aliphatic heterocycles. The molecule has 0 spiro atoms. The van der Waals surface area contributed by atoms with Gasteiger partial charge >= 0.3 is 58.2 Å². The van der Waals surface area contributed by atoms with Gasteiger partial charge in [0.05, 0.1) is 11.0 Å². The van der Waals surface area contributed by atoms with E-state index in [4.69, 9.17) is 11.0 Å². The molecule has 0 radical (unpaired) electrons. The maximum atomic E-state index is 11.6. The standard InChI is InChI=1S/C12H12N3O3.Rb/c1-7(16)12(2,3)9-4-5-10(15(17)18)11(14)8(9)6-13;/h4-5,14H,1-3H3;/q-1;+1. The van der Waals surface area contributed by atoms with Crippen LogP contribution in [-0.4, -0.2) is 10.7 Å². The van der Waals surface area contributed by atoms with E-state index in [1.165, 1.54) is 13.0 Å². The molecule has 1 N–H and O–H groups in total. The van der Waals surface area contributed by atoms with Gasteiger partial charge in [0.2, 0.25) is 0 Å². The molecule has 0 aliphatic rings. The van der Waals surface area contributed by atoms with Gasteiger partial charge in [-0.15, -0.1) is 0 Å². The molecule has 0 bridgehead atoms. The molecule has 19 heavy (non-hydrogen) atoms. The van der Waals surface area contributed by atoms with E-state index in [1.807, 2.05) is 0 Å². The number of rotatable bonds is 3. The minimum atomic E-state index is -0.948. The number of nitrogens with zero attached hydrogens (tertiary/aromatic N) is 2. The molecular weight excluding hydrogens is 320 g/mol. The third-order valence-corrected chi connectivity index (χ3v) is 3.05. The van der Waals surface area contributed by atoms with Crippen molar-refractivity contribution >= 4 is 17.2 Å². The van der Waals surface area contributed by atoms with E-state index in [0.29, 0.717) is 5.56 Å². The summed E-state index contributed by atoms with van der Waals surface area (Å²) in [5, 5.41) is 19.7. The average Bonchev–Trinajstić information content (AvgIpc) is 2.27. The molecule has 0 unspecified atom stereocenters. The summed E-state index contributed by atoms with van der Waals surface area (Å²) >= 11 is 0. The summed E-state index contributed by atoms with van der Waals surface area (Å²) in [6.45, 7) is 4.62. The minimum absolute atomic E-state index is 0. The average molecular weight is 332 g/mol. The van der Waals surface area contributed by atoms with E-state index < -0.39 is 21.7 Å². The number of benzene rings is 1. The monoisotopic (exact) mass is 331 g/mol. The summed E-state index contributed by atoms with van der Waals surface area (Å²) in [5.41, 5.74) is 6.05. The van der Waals surface area contributed by atoms with Gasteiger partial charge in [0.1, 0.15) is 5.78 Å². The number of nitro benzene ring substituents is 1. The first-order valence-corrected chi connectivity index (χ1v) is 5.18. The second-order valence-corrected chi connectivity index (χ2v) is 4.43. The van der Waals surface area contributed by atoms with Gasteiger partial charge in [-0.1, -0.05) is 0 Å². The maximum Gasteiger partial charge on any atom is 1.00 e. The van der Waals surface area contributed by atoms with Crippen molar-refractivity contribution in [2.75, 3.05) is 0 Å². The first-order chi connectivity index (χ1) is 8.23. The molecule has 0 saturated carbocycles. The summed E-state index contributed by atoms with van der Waals surface area (Å²) in [6, 6.07) is 4.30. The van der Waals surface area contributed by atoms with Crippen molar-refractivity contribution in [2.45, 2.75) is 26.2 Å². The Morgan fingerprint density at radius 2 is 2.00 bits per heavy atom. The van der Waals surface area contributed by atoms with Gasteiger partial charge in [-0.05, 0) is 38.1 Å². The topological polar surface area (TPSA) is 108 Å². The number of nitro groups is 1. The van der Waals surface area contributed by atoms with E-state index >= 15 is 0 Å². The Hall–Kier alpha value is -0.615. The van der Waals surface area contributed by atoms with Gasteiger partial charge in [0.15, 0.2) is 0 Å². The van der Waals surface area contributed by atoms with Crippen LogP contribution in [0.1, 0.15) is 31.9 Å². The van der Waals surface area contributed by atoms with Gasteiger partial charge in [0, 0.05) is 17.0 Å². The first-order valence-electron chi connectivity index (χ1n) is 5.18. The number of carbonyl (C=O) groups excluding carboxylic acids is 1. The fourth-order valence-electron chi connectivity index (χ4n) is 1.57. The smallest absolute Gasteiger partial charge is 0.692 e. The molecule has 0 heterocycles. The molecule has 7 heteroatoms. The van der Waals surface area contributed by atoms with Crippen LogP contribution >= 0.6 is 0 Å². The Morgan fingerprint density at radius 1 is 1.47 bits per heavy atom. The van der Waals surface area contributed by atoms with Crippen molar-refractivity contribution in [1.29, 1.82) is 5.26 Å². The Bertz CT molecular complexity index is 576. The fourth-order valence-corrected chi connectivity index (χ4v) is 1.57. The van der Waals surface area contributed by atoms with Crippen LogP contribution in [0.15, 0.2) is 12.1 Å². The molecule has 0 aromatic heterocycles. The SMILES string of the molecule is CC(=O)C(C)(C)c1ccc([N+](=O)[O-])c([NH-])c1C#N.[Rb+]. The van der Waals surface area contributed by atoms with Crippen molar-refractivity contribution < 1.29 is 67.9 Å². The van der Waals surface area contributed by atoms with Crippen molar-refractivity contribution in [3.63, 3.8) is 0 Å². The second kappa shape index (κ2) is 6.70.